The van der Waals surface area contributed by atoms with Crippen molar-refractivity contribution in [3.8, 4) is 0 Å². The molecule has 2 rings (SSSR count). The van der Waals surface area contributed by atoms with E-state index in [2.05, 4.69) is 10.3 Å². The Bertz CT molecular complexity index is 597. The van der Waals surface area contributed by atoms with Crippen LogP contribution >= 0.6 is 11.3 Å². The number of nitrogens with two attached hydrogens (primary N) is 1. The van der Waals surface area contributed by atoms with Crippen molar-refractivity contribution in [2.24, 2.45) is 0 Å². The molecular formula is C10H8N4O3S. The van der Waals surface area contributed by atoms with E-state index in [1.807, 2.05) is 0 Å². The first-order chi connectivity index (χ1) is 8.58. The largest absolute Gasteiger partial charge is 0.399 e. The summed E-state index contributed by atoms with van der Waals surface area (Å²) in [7, 11) is 0. The number of benzene rings is 1. The molecule has 3 N–H and O–H groups in total. The molecule has 7 nitrogen and oxygen atoms in total. The van der Waals surface area contributed by atoms with Crippen LogP contribution in [0.4, 0.5) is 16.5 Å². The van der Waals surface area contributed by atoms with Crippen LogP contribution in [0.2, 0.25) is 0 Å². The Kier molecular flexibility index (Phi) is 3.20. The van der Waals surface area contributed by atoms with Gasteiger partial charge in [0.05, 0.1) is 4.92 Å². The number of nitrogens with zero attached hydrogens (tertiary/aromatic N) is 2. The highest BCUT2D eigenvalue weighted by Gasteiger charge is 2.20. The Hall–Kier alpha value is -2.48. The summed E-state index contributed by atoms with van der Waals surface area (Å²) in [6.07, 6.45) is 1.52. The van der Waals surface area contributed by atoms with Crippen molar-refractivity contribution in [3.05, 3.63) is 45.5 Å². The molecule has 92 valence electrons. The van der Waals surface area contributed by atoms with Crippen molar-refractivity contribution >= 4 is 33.8 Å². The molecule has 0 unspecified atom stereocenters. The molecule has 0 saturated carbocycles. The van der Waals surface area contributed by atoms with Crippen LogP contribution in [0.5, 0.6) is 0 Å². The number of rotatable bonds is 3. The summed E-state index contributed by atoms with van der Waals surface area (Å²) in [6, 6.07) is 3.84. The van der Waals surface area contributed by atoms with Crippen LogP contribution in [0.15, 0.2) is 29.8 Å². The number of nitrogens with one attached hydrogen (secondary N) is 1. The van der Waals surface area contributed by atoms with E-state index in [9.17, 15) is 14.9 Å². The minimum absolute atomic E-state index is 0.0878. The van der Waals surface area contributed by atoms with E-state index in [1.165, 1.54) is 35.7 Å². The van der Waals surface area contributed by atoms with Crippen molar-refractivity contribution in [1.82, 2.24) is 4.98 Å². The van der Waals surface area contributed by atoms with Gasteiger partial charge in [0.2, 0.25) is 0 Å². The maximum atomic E-state index is 11.9. The summed E-state index contributed by atoms with van der Waals surface area (Å²) in [4.78, 5) is 25.9. The van der Waals surface area contributed by atoms with Gasteiger partial charge < -0.3 is 5.73 Å². The van der Waals surface area contributed by atoms with Crippen LogP contribution in [0.3, 0.4) is 0 Å². The van der Waals surface area contributed by atoms with E-state index in [4.69, 9.17) is 5.73 Å². The van der Waals surface area contributed by atoms with Gasteiger partial charge in [-0.3, -0.25) is 20.2 Å². The highest BCUT2D eigenvalue weighted by atomic mass is 32.1. The SMILES string of the molecule is Nc1ccc([N+](=O)[O-])c(C(=O)Nc2nccs2)c1. The van der Waals surface area contributed by atoms with Gasteiger partial charge in [0.15, 0.2) is 5.13 Å². The molecule has 8 heteroatoms. The standard InChI is InChI=1S/C10H8N4O3S/c11-6-1-2-8(14(16)17)7(5-6)9(15)13-10-12-3-4-18-10/h1-5H,11H2,(H,12,13,15). The third kappa shape index (κ3) is 2.43. The predicted octanol–water partition coefficient (Wildman–Crippen LogP) is 1.89. The summed E-state index contributed by atoms with van der Waals surface area (Å²) in [5.41, 5.74) is 5.42. The van der Waals surface area contributed by atoms with E-state index in [1.54, 1.807) is 5.38 Å². The smallest absolute Gasteiger partial charge is 0.282 e. The number of hydrogen-bond donors (Lipinski definition) is 2. The molecule has 0 atom stereocenters. The quantitative estimate of drug-likeness (QED) is 0.499. The van der Waals surface area contributed by atoms with Gasteiger partial charge in [0, 0.05) is 23.3 Å². The number of amides is 1. The van der Waals surface area contributed by atoms with Crippen LogP contribution in [-0.4, -0.2) is 15.8 Å². The molecule has 1 amide bonds. The van der Waals surface area contributed by atoms with Gasteiger partial charge in [-0.25, -0.2) is 4.98 Å². The molecule has 0 aliphatic rings. The van der Waals surface area contributed by atoms with Crippen LogP contribution in [0.25, 0.3) is 0 Å². The summed E-state index contributed by atoms with van der Waals surface area (Å²) in [5.74, 6) is -0.607. The first kappa shape index (κ1) is 12.0. The molecule has 18 heavy (non-hydrogen) atoms. The van der Waals surface area contributed by atoms with Crippen LogP contribution in [0, 0.1) is 10.1 Å². The van der Waals surface area contributed by atoms with E-state index < -0.39 is 10.8 Å². The second kappa shape index (κ2) is 4.80. The van der Waals surface area contributed by atoms with Gasteiger partial charge in [0.25, 0.3) is 11.6 Å². The maximum absolute atomic E-state index is 11.9. The number of aromatic nitrogens is 1. The number of carbonyl (C=O) groups excluding carboxylic acids is 1. The average molecular weight is 264 g/mol. The molecule has 0 aliphatic carbocycles. The predicted molar refractivity (Wildman–Crippen MR) is 67.6 cm³/mol. The number of nitro benzene ring substituents is 1. The second-order valence-electron chi connectivity index (χ2n) is 3.33. The van der Waals surface area contributed by atoms with Gasteiger partial charge in [0.1, 0.15) is 5.56 Å². The third-order valence-corrected chi connectivity index (χ3v) is 2.80. The van der Waals surface area contributed by atoms with Crippen molar-refractivity contribution < 1.29 is 9.72 Å². The van der Waals surface area contributed by atoms with Gasteiger partial charge in [-0.2, -0.15) is 0 Å². The minimum Gasteiger partial charge on any atom is -0.399 e. The second-order valence-corrected chi connectivity index (χ2v) is 4.22. The van der Waals surface area contributed by atoms with E-state index in [-0.39, 0.29) is 16.9 Å². The molecule has 1 heterocycles. The Morgan fingerprint density at radius 1 is 1.50 bits per heavy atom. The zero-order valence-corrected chi connectivity index (χ0v) is 9.81. The Morgan fingerprint density at radius 2 is 2.28 bits per heavy atom. The minimum atomic E-state index is -0.629. The number of nitrogen functional groups attached to an aromatic ring is 1. The number of anilines is 2. The molecule has 0 spiro atoms. The molecular weight excluding hydrogens is 256 g/mol. The van der Waals surface area contributed by atoms with Gasteiger partial charge >= 0.3 is 0 Å². The lowest BCUT2D eigenvalue weighted by Crippen LogP contribution is -2.14. The monoisotopic (exact) mass is 264 g/mol. The van der Waals surface area contributed by atoms with Crippen molar-refractivity contribution in [3.63, 3.8) is 0 Å². The normalized spacial score (nSPS) is 10.0. The number of nitro groups is 1. The van der Waals surface area contributed by atoms with Crippen LogP contribution < -0.4 is 11.1 Å². The van der Waals surface area contributed by atoms with E-state index >= 15 is 0 Å². The highest BCUT2D eigenvalue weighted by Crippen LogP contribution is 2.22. The van der Waals surface area contributed by atoms with Gasteiger partial charge in [-0.1, -0.05) is 0 Å². The first-order valence-corrected chi connectivity index (χ1v) is 5.70. The summed E-state index contributed by atoms with van der Waals surface area (Å²) in [6.45, 7) is 0. The Labute approximate surface area is 105 Å². The van der Waals surface area contributed by atoms with Crippen LogP contribution in [0.1, 0.15) is 10.4 Å². The molecule has 0 bridgehead atoms. The number of thiazole rings is 1. The third-order valence-electron chi connectivity index (χ3n) is 2.11. The lowest BCUT2D eigenvalue weighted by Gasteiger charge is -2.03. The van der Waals surface area contributed by atoms with Crippen molar-refractivity contribution in [2.45, 2.75) is 0 Å². The molecule has 0 fully saturated rings. The zero-order chi connectivity index (χ0) is 13.1. The Balaban J connectivity index is 2.34. The molecule has 1 aromatic heterocycles. The Morgan fingerprint density at radius 3 is 2.89 bits per heavy atom. The van der Waals surface area contributed by atoms with E-state index in [0.717, 1.165) is 0 Å². The summed E-state index contributed by atoms with van der Waals surface area (Å²) >= 11 is 1.22. The van der Waals surface area contributed by atoms with Crippen molar-refractivity contribution in [2.75, 3.05) is 11.1 Å². The van der Waals surface area contributed by atoms with Gasteiger partial charge in [-0.15, -0.1) is 11.3 Å². The summed E-state index contributed by atoms with van der Waals surface area (Å²) in [5, 5.41) is 15.3. The zero-order valence-electron chi connectivity index (χ0n) is 8.99. The summed E-state index contributed by atoms with van der Waals surface area (Å²) < 4.78 is 0. The van der Waals surface area contributed by atoms with E-state index in [0.29, 0.717) is 5.13 Å². The first-order valence-electron chi connectivity index (χ1n) is 4.82. The molecule has 0 radical (unpaired) electrons. The fourth-order valence-electron chi connectivity index (χ4n) is 1.34. The highest BCUT2D eigenvalue weighted by molar-refractivity contribution is 7.13. The lowest BCUT2D eigenvalue weighted by molar-refractivity contribution is -0.385. The fraction of sp³-hybridized carbons (Fsp3) is 0. The average Bonchev–Trinajstić information content (AvgIpc) is 2.81. The van der Waals surface area contributed by atoms with Crippen LogP contribution in [-0.2, 0) is 0 Å². The lowest BCUT2D eigenvalue weighted by atomic mass is 10.1. The van der Waals surface area contributed by atoms with Crippen molar-refractivity contribution in [1.29, 1.82) is 0 Å². The number of hydrogen-bond acceptors (Lipinski definition) is 6. The fourth-order valence-corrected chi connectivity index (χ4v) is 1.87. The molecule has 0 saturated heterocycles. The maximum Gasteiger partial charge on any atom is 0.282 e. The molecule has 1 aromatic carbocycles. The molecule has 0 aliphatic heterocycles. The van der Waals surface area contributed by atoms with Gasteiger partial charge in [-0.05, 0) is 12.1 Å². The molecule has 2 aromatic rings. The topological polar surface area (TPSA) is 111 Å². The number of carbonyl (C=O) groups is 1.